The molecule has 0 saturated carbocycles. The average molecular weight is 337 g/mol. The Balaban J connectivity index is 2.74. The summed E-state index contributed by atoms with van der Waals surface area (Å²) in [7, 11) is 0. The second kappa shape index (κ2) is 4.67. The molecule has 7 heteroatoms. The van der Waals surface area contributed by atoms with Crippen LogP contribution in [-0.4, -0.2) is 26.7 Å². The van der Waals surface area contributed by atoms with Crippen molar-refractivity contribution in [2.24, 2.45) is 0 Å². The Bertz CT molecular complexity index is 612. The van der Waals surface area contributed by atoms with Crippen molar-refractivity contribution in [3.05, 3.63) is 38.0 Å². The minimum absolute atomic E-state index is 0.0746. The van der Waals surface area contributed by atoms with E-state index in [9.17, 15) is 10.4 Å². The van der Waals surface area contributed by atoms with Crippen LogP contribution in [-0.2, 0) is 5.21 Å². The van der Waals surface area contributed by atoms with Gasteiger partial charge in [0.2, 0.25) is 0 Å². The summed E-state index contributed by atoms with van der Waals surface area (Å²) in [6.45, 7) is 6.83. The van der Waals surface area contributed by atoms with Gasteiger partial charge >= 0.3 is 5.84 Å². The molecule has 4 nitrogen and oxygen atoms in total. The summed E-state index contributed by atoms with van der Waals surface area (Å²) in [4.78, 5) is 0. The molecule has 109 valence electrons. The first-order chi connectivity index (χ1) is 9.01. The van der Waals surface area contributed by atoms with Crippen molar-refractivity contribution in [3.8, 4) is 0 Å². The van der Waals surface area contributed by atoms with Gasteiger partial charge < -0.3 is 5.21 Å². The molecule has 0 atom stereocenters. The van der Waals surface area contributed by atoms with Crippen LogP contribution in [0.2, 0.25) is 15.1 Å². The largest absolute Gasteiger partial charge is 0.714 e. The summed E-state index contributed by atoms with van der Waals surface area (Å²) in [5.41, 5.74) is -1.59. The number of amidine groups is 1. The molecular formula is C13H14Cl3N2O2. The lowest BCUT2D eigenvalue weighted by Gasteiger charge is -2.32. The van der Waals surface area contributed by atoms with Gasteiger partial charge in [-0.15, -0.1) is 0 Å². The highest BCUT2D eigenvalue weighted by Crippen LogP contribution is 2.40. The Morgan fingerprint density at radius 3 is 2.15 bits per heavy atom. The molecule has 1 radical (unpaired) electrons. The molecule has 1 aromatic rings. The Kier molecular flexibility index (Phi) is 3.66. The number of hydrogen-bond acceptors (Lipinski definition) is 2. The quantitative estimate of drug-likeness (QED) is 0.440. The van der Waals surface area contributed by atoms with E-state index in [0.717, 1.165) is 0 Å². The van der Waals surface area contributed by atoms with Crippen molar-refractivity contribution < 1.29 is 9.95 Å². The zero-order valence-electron chi connectivity index (χ0n) is 11.5. The SMILES string of the molecule is CC1(C)N([O])C(c2cc(Cl)cc(Cl)c2Cl)=[N+]([O-])C1(C)C. The third kappa shape index (κ3) is 1.98. The first-order valence-electron chi connectivity index (χ1n) is 5.98. The number of halogens is 3. The minimum Gasteiger partial charge on any atom is -0.714 e. The fourth-order valence-corrected chi connectivity index (χ4v) is 2.73. The van der Waals surface area contributed by atoms with Gasteiger partial charge in [0.05, 0.1) is 15.6 Å². The van der Waals surface area contributed by atoms with Gasteiger partial charge in [-0.25, -0.2) is 0 Å². The van der Waals surface area contributed by atoms with Crippen LogP contribution >= 0.6 is 34.8 Å². The molecule has 1 aliphatic rings. The lowest BCUT2D eigenvalue weighted by atomic mass is 9.84. The zero-order valence-corrected chi connectivity index (χ0v) is 13.8. The summed E-state index contributed by atoms with van der Waals surface area (Å²) < 4.78 is 0.674. The van der Waals surface area contributed by atoms with Gasteiger partial charge in [-0.1, -0.05) is 39.9 Å². The summed E-state index contributed by atoms with van der Waals surface area (Å²) in [5.74, 6) is -0.0746. The van der Waals surface area contributed by atoms with E-state index in [1.54, 1.807) is 27.7 Å². The van der Waals surface area contributed by atoms with Crippen molar-refractivity contribution in [2.75, 3.05) is 0 Å². The highest BCUT2D eigenvalue weighted by Gasteiger charge is 2.60. The molecule has 0 N–H and O–H groups in total. The fourth-order valence-electron chi connectivity index (χ4n) is 2.05. The molecule has 0 fully saturated rings. The van der Waals surface area contributed by atoms with E-state index in [2.05, 4.69) is 0 Å². The van der Waals surface area contributed by atoms with Crippen LogP contribution in [0.3, 0.4) is 0 Å². The molecule has 0 amide bonds. The Morgan fingerprint density at radius 1 is 1.15 bits per heavy atom. The van der Waals surface area contributed by atoms with Crippen LogP contribution in [0.4, 0.5) is 0 Å². The summed E-state index contributed by atoms with van der Waals surface area (Å²) in [6.07, 6.45) is 0. The van der Waals surface area contributed by atoms with E-state index in [1.807, 2.05) is 0 Å². The number of hydroxylamine groups is 3. The van der Waals surface area contributed by atoms with E-state index in [4.69, 9.17) is 34.8 Å². The monoisotopic (exact) mass is 335 g/mol. The van der Waals surface area contributed by atoms with Crippen molar-refractivity contribution in [2.45, 2.75) is 38.8 Å². The van der Waals surface area contributed by atoms with E-state index >= 15 is 0 Å². The normalized spacial score (nSPS) is 20.7. The van der Waals surface area contributed by atoms with Crippen LogP contribution < -0.4 is 0 Å². The highest BCUT2D eigenvalue weighted by atomic mass is 35.5. The molecule has 2 rings (SSSR count). The van der Waals surface area contributed by atoms with E-state index in [1.165, 1.54) is 12.1 Å². The predicted octanol–water partition coefficient (Wildman–Crippen LogP) is 4.12. The molecular weight excluding hydrogens is 323 g/mol. The van der Waals surface area contributed by atoms with Gasteiger partial charge in [0.25, 0.3) is 0 Å². The smallest absolute Gasteiger partial charge is 0.318 e. The molecule has 0 aromatic heterocycles. The van der Waals surface area contributed by atoms with Crippen LogP contribution in [0.25, 0.3) is 0 Å². The Morgan fingerprint density at radius 2 is 1.70 bits per heavy atom. The molecule has 0 unspecified atom stereocenters. The molecule has 1 aliphatic heterocycles. The summed E-state index contributed by atoms with van der Waals surface area (Å²) in [5, 5.41) is 26.4. The van der Waals surface area contributed by atoms with Crippen molar-refractivity contribution in [3.63, 3.8) is 0 Å². The maximum absolute atomic E-state index is 12.5. The van der Waals surface area contributed by atoms with Gasteiger partial charge in [-0.05, 0) is 39.8 Å². The molecule has 1 aromatic carbocycles. The van der Waals surface area contributed by atoms with Crippen molar-refractivity contribution in [1.29, 1.82) is 0 Å². The van der Waals surface area contributed by atoms with Gasteiger partial charge in [0.15, 0.2) is 5.54 Å². The lowest BCUT2D eigenvalue weighted by molar-refractivity contribution is -0.539. The predicted molar refractivity (Wildman–Crippen MR) is 79.9 cm³/mol. The van der Waals surface area contributed by atoms with Crippen molar-refractivity contribution >= 4 is 40.6 Å². The minimum atomic E-state index is -0.914. The van der Waals surface area contributed by atoms with Crippen molar-refractivity contribution in [1.82, 2.24) is 5.06 Å². The van der Waals surface area contributed by atoms with E-state index < -0.39 is 11.1 Å². The number of hydrogen-bond donors (Lipinski definition) is 0. The summed E-state index contributed by atoms with van der Waals surface area (Å²) >= 11 is 18.0. The lowest BCUT2D eigenvalue weighted by Crippen LogP contribution is -2.53. The average Bonchev–Trinajstić information content (AvgIpc) is 2.44. The first-order valence-corrected chi connectivity index (χ1v) is 7.12. The molecule has 20 heavy (non-hydrogen) atoms. The van der Waals surface area contributed by atoms with Crippen LogP contribution in [0, 0.1) is 5.21 Å². The topological polar surface area (TPSA) is 49.2 Å². The number of benzene rings is 1. The van der Waals surface area contributed by atoms with E-state index in [-0.39, 0.29) is 21.4 Å². The third-order valence-electron chi connectivity index (χ3n) is 4.13. The van der Waals surface area contributed by atoms with Gasteiger partial charge in [-0.3, -0.25) is 4.74 Å². The maximum atomic E-state index is 12.5. The number of nitrogens with zero attached hydrogens (tertiary/aromatic N) is 2. The van der Waals surface area contributed by atoms with Crippen LogP contribution in [0.1, 0.15) is 33.3 Å². The second-order valence-corrected chi connectivity index (χ2v) is 7.00. The van der Waals surface area contributed by atoms with Crippen LogP contribution in [0.15, 0.2) is 12.1 Å². The molecule has 0 aliphatic carbocycles. The Hall–Kier alpha value is -0.680. The molecule has 1 heterocycles. The summed E-state index contributed by atoms with van der Waals surface area (Å²) in [6, 6.07) is 2.93. The van der Waals surface area contributed by atoms with Crippen LogP contribution in [0.5, 0.6) is 0 Å². The fraction of sp³-hybridized carbons (Fsp3) is 0.462. The Labute approximate surface area is 132 Å². The molecule has 0 saturated heterocycles. The van der Waals surface area contributed by atoms with Gasteiger partial charge in [-0.2, -0.15) is 0 Å². The first kappa shape index (κ1) is 15.7. The highest BCUT2D eigenvalue weighted by molar-refractivity contribution is 6.45. The standard InChI is InChI=1S/C13H14Cl3N2O2/c1-12(2)13(3,4)18(20)11(17(12)19)8-5-7(14)6-9(15)10(8)16/h5-6H,1-4H3. The van der Waals surface area contributed by atoms with Gasteiger partial charge in [0, 0.05) is 10.2 Å². The number of rotatable bonds is 1. The van der Waals surface area contributed by atoms with Gasteiger partial charge in [0.1, 0.15) is 5.54 Å². The third-order valence-corrected chi connectivity index (χ3v) is 5.15. The second-order valence-electron chi connectivity index (χ2n) is 5.78. The molecule has 0 bridgehead atoms. The maximum Gasteiger partial charge on any atom is 0.318 e. The molecule has 0 spiro atoms. The zero-order chi connectivity index (χ0) is 15.5. The van der Waals surface area contributed by atoms with E-state index in [0.29, 0.717) is 14.8 Å².